The van der Waals surface area contributed by atoms with Crippen molar-refractivity contribution in [1.29, 1.82) is 0 Å². The van der Waals surface area contributed by atoms with E-state index in [0.717, 1.165) is 0 Å². The van der Waals surface area contributed by atoms with Gasteiger partial charge in [0.2, 0.25) is 17.7 Å². The Hall–Kier alpha value is -2.12. The van der Waals surface area contributed by atoms with Gasteiger partial charge in [-0.2, -0.15) is 4.98 Å². The lowest BCUT2D eigenvalue weighted by atomic mass is 10.3. The molecule has 2 amide bonds. The van der Waals surface area contributed by atoms with E-state index in [9.17, 15) is 9.59 Å². The SMILES string of the molecule is CC(NC(=O)c1nc(N)n[nH]1)C(N)=O. The van der Waals surface area contributed by atoms with Gasteiger partial charge < -0.3 is 16.8 Å². The van der Waals surface area contributed by atoms with Crippen LogP contribution in [0.1, 0.15) is 17.5 Å². The third-order valence-corrected chi connectivity index (χ3v) is 1.49. The minimum absolute atomic E-state index is 0.0399. The summed E-state index contributed by atoms with van der Waals surface area (Å²) in [4.78, 5) is 25.4. The average molecular weight is 198 g/mol. The summed E-state index contributed by atoms with van der Waals surface area (Å²) in [6.45, 7) is 1.46. The van der Waals surface area contributed by atoms with E-state index in [1.165, 1.54) is 6.92 Å². The van der Waals surface area contributed by atoms with Crippen LogP contribution in [0.3, 0.4) is 0 Å². The Bertz CT molecular complexity index is 359. The van der Waals surface area contributed by atoms with Crippen molar-refractivity contribution in [3.8, 4) is 0 Å². The second-order valence-electron chi connectivity index (χ2n) is 2.64. The van der Waals surface area contributed by atoms with Crippen molar-refractivity contribution in [2.24, 2.45) is 5.73 Å². The summed E-state index contributed by atoms with van der Waals surface area (Å²) < 4.78 is 0. The van der Waals surface area contributed by atoms with Crippen LogP contribution in [0.5, 0.6) is 0 Å². The minimum atomic E-state index is -0.770. The van der Waals surface area contributed by atoms with Crippen molar-refractivity contribution in [3.05, 3.63) is 5.82 Å². The Balaban J connectivity index is 2.63. The van der Waals surface area contributed by atoms with Crippen LogP contribution < -0.4 is 16.8 Å². The summed E-state index contributed by atoms with van der Waals surface area (Å²) >= 11 is 0. The highest BCUT2D eigenvalue weighted by atomic mass is 16.2. The molecule has 0 aromatic carbocycles. The fourth-order valence-corrected chi connectivity index (χ4v) is 0.712. The number of aromatic nitrogens is 3. The van der Waals surface area contributed by atoms with Crippen LogP contribution in [-0.4, -0.2) is 33.0 Å². The lowest BCUT2D eigenvalue weighted by Gasteiger charge is -2.07. The molecular weight excluding hydrogens is 188 g/mol. The summed E-state index contributed by atoms with van der Waals surface area (Å²) in [6, 6.07) is -0.770. The molecule has 0 radical (unpaired) electrons. The van der Waals surface area contributed by atoms with Crippen LogP contribution in [0.25, 0.3) is 0 Å². The Labute approximate surface area is 79.1 Å². The van der Waals surface area contributed by atoms with Gasteiger partial charge in [-0.3, -0.25) is 14.7 Å². The van der Waals surface area contributed by atoms with Crippen LogP contribution in [0.2, 0.25) is 0 Å². The highest BCUT2D eigenvalue weighted by molar-refractivity contribution is 5.94. The zero-order chi connectivity index (χ0) is 10.7. The van der Waals surface area contributed by atoms with Crippen LogP contribution >= 0.6 is 0 Å². The summed E-state index contributed by atoms with van der Waals surface area (Å²) in [6.07, 6.45) is 0. The molecule has 0 aliphatic heterocycles. The molecule has 1 aromatic heterocycles. The molecule has 0 saturated heterocycles. The summed E-state index contributed by atoms with van der Waals surface area (Å²) in [7, 11) is 0. The molecule has 0 fully saturated rings. The number of nitrogens with zero attached hydrogens (tertiary/aromatic N) is 2. The van der Waals surface area contributed by atoms with Gasteiger partial charge in [0.25, 0.3) is 5.91 Å². The first-order chi connectivity index (χ1) is 6.50. The largest absolute Gasteiger partial charge is 0.368 e. The van der Waals surface area contributed by atoms with Crippen LogP contribution in [0.4, 0.5) is 5.95 Å². The van der Waals surface area contributed by atoms with E-state index < -0.39 is 17.9 Å². The fourth-order valence-electron chi connectivity index (χ4n) is 0.712. The van der Waals surface area contributed by atoms with Gasteiger partial charge in [0.05, 0.1) is 0 Å². The molecule has 1 aromatic rings. The van der Waals surface area contributed by atoms with Gasteiger partial charge in [0.1, 0.15) is 6.04 Å². The number of carbonyl (C=O) groups is 2. The number of nitrogen functional groups attached to an aromatic ring is 1. The Morgan fingerprint density at radius 1 is 1.57 bits per heavy atom. The molecule has 8 heteroatoms. The number of rotatable bonds is 3. The standard InChI is InChI=1S/C6H10N6O2/c1-2(3(7)13)9-5(14)4-10-6(8)12-11-4/h2H,1H3,(H2,7,13)(H,9,14)(H3,8,10,11,12). The Morgan fingerprint density at radius 3 is 2.64 bits per heavy atom. The number of anilines is 1. The first-order valence-corrected chi connectivity index (χ1v) is 3.78. The molecule has 0 saturated carbocycles. The first kappa shape index (κ1) is 9.96. The van der Waals surface area contributed by atoms with E-state index in [0.29, 0.717) is 0 Å². The third kappa shape index (κ3) is 2.19. The molecule has 1 atom stereocenters. The maximum absolute atomic E-state index is 11.3. The van der Waals surface area contributed by atoms with E-state index in [4.69, 9.17) is 11.5 Å². The van der Waals surface area contributed by atoms with Gasteiger partial charge in [-0.25, -0.2) is 0 Å². The lowest BCUT2D eigenvalue weighted by molar-refractivity contribution is -0.119. The van der Waals surface area contributed by atoms with Crippen molar-refractivity contribution in [2.75, 3.05) is 5.73 Å². The van der Waals surface area contributed by atoms with Crippen LogP contribution in [-0.2, 0) is 4.79 Å². The molecule has 0 aliphatic rings. The normalized spacial score (nSPS) is 12.1. The molecule has 1 unspecified atom stereocenters. The molecule has 1 rings (SSSR count). The van der Waals surface area contributed by atoms with Crippen molar-refractivity contribution in [2.45, 2.75) is 13.0 Å². The van der Waals surface area contributed by atoms with Gasteiger partial charge in [0.15, 0.2) is 0 Å². The van der Waals surface area contributed by atoms with Crippen LogP contribution in [0, 0.1) is 0 Å². The van der Waals surface area contributed by atoms with Gasteiger partial charge in [-0.15, -0.1) is 5.10 Å². The van der Waals surface area contributed by atoms with Crippen molar-refractivity contribution < 1.29 is 9.59 Å². The maximum atomic E-state index is 11.3. The van der Waals surface area contributed by atoms with Crippen LogP contribution in [0.15, 0.2) is 0 Å². The van der Waals surface area contributed by atoms with E-state index >= 15 is 0 Å². The molecule has 1 heterocycles. The number of amides is 2. The van der Waals surface area contributed by atoms with Gasteiger partial charge in [-0.1, -0.05) is 0 Å². The number of nitrogens with one attached hydrogen (secondary N) is 2. The van der Waals surface area contributed by atoms with Crippen molar-refractivity contribution in [1.82, 2.24) is 20.5 Å². The zero-order valence-electron chi connectivity index (χ0n) is 7.44. The van der Waals surface area contributed by atoms with E-state index in [2.05, 4.69) is 20.5 Å². The molecule has 8 nitrogen and oxygen atoms in total. The summed E-state index contributed by atoms with van der Waals surface area (Å²) in [5, 5.41) is 8.06. The molecule has 0 aliphatic carbocycles. The lowest BCUT2D eigenvalue weighted by Crippen LogP contribution is -2.42. The summed E-state index contributed by atoms with van der Waals surface area (Å²) in [5.41, 5.74) is 10.1. The first-order valence-electron chi connectivity index (χ1n) is 3.78. The number of carbonyl (C=O) groups excluding carboxylic acids is 2. The zero-order valence-corrected chi connectivity index (χ0v) is 7.44. The second-order valence-corrected chi connectivity index (χ2v) is 2.64. The quantitative estimate of drug-likeness (QED) is 0.444. The average Bonchev–Trinajstić information content (AvgIpc) is 2.51. The van der Waals surface area contributed by atoms with Gasteiger partial charge >= 0.3 is 0 Å². The minimum Gasteiger partial charge on any atom is -0.368 e. The highest BCUT2D eigenvalue weighted by Gasteiger charge is 2.16. The number of H-pyrrole nitrogens is 1. The van der Waals surface area contributed by atoms with Crippen molar-refractivity contribution >= 4 is 17.8 Å². The topological polar surface area (TPSA) is 140 Å². The smallest absolute Gasteiger partial charge is 0.289 e. The molecule has 0 bridgehead atoms. The van der Waals surface area contributed by atoms with Gasteiger partial charge in [0, 0.05) is 0 Å². The predicted octanol–water partition coefficient (Wildman–Crippen LogP) is -2.01. The molecule has 6 N–H and O–H groups in total. The third-order valence-electron chi connectivity index (χ3n) is 1.49. The monoisotopic (exact) mass is 198 g/mol. The number of nitrogens with two attached hydrogens (primary N) is 2. The molecule has 0 spiro atoms. The fraction of sp³-hybridized carbons (Fsp3) is 0.333. The summed E-state index contributed by atoms with van der Waals surface area (Å²) in [5.74, 6) is -1.32. The van der Waals surface area contributed by atoms with Crippen molar-refractivity contribution in [3.63, 3.8) is 0 Å². The molecule has 76 valence electrons. The van der Waals surface area contributed by atoms with E-state index in [-0.39, 0.29) is 11.8 Å². The van der Waals surface area contributed by atoms with Gasteiger partial charge in [-0.05, 0) is 6.92 Å². The second kappa shape index (κ2) is 3.73. The van der Waals surface area contributed by atoms with E-state index in [1.807, 2.05) is 0 Å². The number of primary amides is 1. The molecule has 14 heavy (non-hydrogen) atoms. The Morgan fingerprint density at radius 2 is 2.21 bits per heavy atom. The predicted molar refractivity (Wildman–Crippen MR) is 46.9 cm³/mol. The molecular formula is C6H10N6O2. The Kier molecular flexibility index (Phi) is 2.65. The number of aromatic amines is 1. The maximum Gasteiger partial charge on any atom is 0.289 e. The number of hydrogen-bond acceptors (Lipinski definition) is 5. The van der Waals surface area contributed by atoms with E-state index in [1.54, 1.807) is 0 Å². The number of hydrogen-bond donors (Lipinski definition) is 4. The highest BCUT2D eigenvalue weighted by Crippen LogP contribution is 1.93.